The Morgan fingerprint density at radius 3 is 2.54 bits per heavy atom. The molecule has 0 aromatic heterocycles. The van der Waals surface area contributed by atoms with E-state index in [9.17, 15) is 9.18 Å². The number of quaternary nitrogens is 1. The lowest BCUT2D eigenvalue weighted by Crippen LogP contribution is -3.08. The number of ether oxygens (including phenoxy) is 2. The summed E-state index contributed by atoms with van der Waals surface area (Å²) >= 11 is 0. The minimum absolute atomic E-state index is 0.0562. The lowest BCUT2D eigenvalue weighted by atomic mass is 10.1. The Labute approximate surface area is 153 Å². The summed E-state index contributed by atoms with van der Waals surface area (Å²) in [6, 6.07) is 12.3. The summed E-state index contributed by atoms with van der Waals surface area (Å²) in [5.74, 6) is 1.06. The van der Waals surface area contributed by atoms with Crippen LogP contribution in [0, 0.1) is 5.82 Å². The first-order valence-corrected chi connectivity index (χ1v) is 8.55. The van der Waals surface area contributed by atoms with Crippen molar-refractivity contribution < 1.29 is 23.6 Å². The molecule has 0 fully saturated rings. The van der Waals surface area contributed by atoms with Crippen molar-refractivity contribution in [2.24, 2.45) is 0 Å². The zero-order valence-electron chi connectivity index (χ0n) is 15.5. The van der Waals surface area contributed by atoms with Crippen LogP contribution >= 0.6 is 0 Å². The van der Waals surface area contributed by atoms with Gasteiger partial charge in [0.25, 0.3) is 5.91 Å². The summed E-state index contributed by atoms with van der Waals surface area (Å²) in [6.07, 6.45) is 0.479. The zero-order valence-corrected chi connectivity index (χ0v) is 15.5. The third-order valence-electron chi connectivity index (χ3n) is 4.09. The van der Waals surface area contributed by atoms with Gasteiger partial charge in [-0.15, -0.1) is 0 Å². The van der Waals surface area contributed by atoms with E-state index in [1.807, 2.05) is 25.2 Å². The molecule has 5 nitrogen and oxygen atoms in total. The van der Waals surface area contributed by atoms with Gasteiger partial charge in [-0.1, -0.05) is 18.2 Å². The van der Waals surface area contributed by atoms with E-state index in [2.05, 4.69) is 5.32 Å². The molecule has 0 spiro atoms. The van der Waals surface area contributed by atoms with Gasteiger partial charge in [0.15, 0.2) is 18.0 Å². The Kier molecular flexibility index (Phi) is 7.41. The van der Waals surface area contributed by atoms with Crippen molar-refractivity contribution in [2.45, 2.75) is 13.0 Å². The minimum atomic E-state index is -0.238. The van der Waals surface area contributed by atoms with Crippen molar-refractivity contribution in [1.82, 2.24) is 5.32 Å². The normalized spacial score (nSPS) is 11.7. The van der Waals surface area contributed by atoms with Crippen LogP contribution in [0.1, 0.15) is 11.1 Å². The highest BCUT2D eigenvalue weighted by atomic mass is 19.1. The van der Waals surface area contributed by atoms with E-state index >= 15 is 0 Å². The van der Waals surface area contributed by atoms with Crippen LogP contribution in [0.4, 0.5) is 4.39 Å². The average Bonchev–Trinajstić information content (AvgIpc) is 2.63. The molecule has 140 valence electrons. The number of nitrogens with one attached hydrogen (secondary N) is 2. The molecule has 0 aliphatic carbocycles. The van der Waals surface area contributed by atoms with Gasteiger partial charge < -0.3 is 19.7 Å². The summed E-state index contributed by atoms with van der Waals surface area (Å²) in [5, 5.41) is 2.84. The number of likely N-dealkylation sites (N-methyl/N-ethyl adjacent to an activating group) is 1. The van der Waals surface area contributed by atoms with E-state index in [0.717, 1.165) is 10.5 Å². The largest absolute Gasteiger partial charge is 0.493 e. The van der Waals surface area contributed by atoms with Crippen LogP contribution in [0.5, 0.6) is 11.5 Å². The van der Waals surface area contributed by atoms with Gasteiger partial charge in [0, 0.05) is 12.1 Å². The summed E-state index contributed by atoms with van der Waals surface area (Å²) in [6.45, 7) is 1.44. The van der Waals surface area contributed by atoms with Crippen molar-refractivity contribution in [3.8, 4) is 11.5 Å². The summed E-state index contributed by atoms with van der Waals surface area (Å²) in [4.78, 5) is 13.1. The summed E-state index contributed by atoms with van der Waals surface area (Å²) < 4.78 is 24.1. The number of carbonyl (C=O) groups excluding carboxylic acids is 1. The van der Waals surface area contributed by atoms with E-state index in [1.165, 1.54) is 6.07 Å². The number of hydrogen-bond acceptors (Lipinski definition) is 3. The Bertz CT molecular complexity index is 737. The van der Waals surface area contributed by atoms with Gasteiger partial charge in [0.05, 0.1) is 21.3 Å². The maximum absolute atomic E-state index is 13.5. The number of methoxy groups -OCH3 is 2. The first-order valence-electron chi connectivity index (χ1n) is 8.55. The van der Waals surface area contributed by atoms with Crippen LogP contribution in [0.15, 0.2) is 42.5 Å². The van der Waals surface area contributed by atoms with Crippen molar-refractivity contribution in [3.63, 3.8) is 0 Å². The molecule has 6 heteroatoms. The van der Waals surface area contributed by atoms with Crippen molar-refractivity contribution in [3.05, 3.63) is 59.4 Å². The fourth-order valence-corrected chi connectivity index (χ4v) is 2.78. The molecule has 0 aliphatic heterocycles. The van der Waals surface area contributed by atoms with Gasteiger partial charge in [-0.2, -0.15) is 0 Å². The van der Waals surface area contributed by atoms with Crippen LogP contribution in [-0.4, -0.2) is 40.3 Å². The van der Waals surface area contributed by atoms with Gasteiger partial charge in [0.1, 0.15) is 12.4 Å². The highest BCUT2D eigenvalue weighted by Crippen LogP contribution is 2.27. The quantitative estimate of drug-likeness (QED) is 0.706. The maximum Gasteiger partial charge on any atom is 0.275 e. The smallest absolute Gasteiger partial charge is 0.275 e. The third kappa shape index (κ3) is 5.74. The van der Waals surface area contributed by atoms with Crippen molar-refractivity contribution in [2.75, 3.05) is 34.4 Å². The monoisotopic (exact) mass is 361 g/mol. The fourth-order valence-electron chi connectivity index (χ4n) is 2.78. The lowest BCUT2D eigenvalue weighted by Gasteiger charge is -2.15. The molecule has 0 radical (unpaired) electrons. The van der Waals surface area contributed by atoms with E-state index in [-0.39, 0.29) is 11.7 Å². The molecule has 1 atom stereocenters. The van der Waals surface area contributed by atoms with Gasteiger partial charge in [-0.05, 0) is 36.2 Å². The van der Waals surface area contributed by atoms with E-state index < -0.39 is 0 Å². The lowest BCUT2D eigenvalue weighted by molar-refractivity contribution is -0.885. The van der Waals surface area contributed by atoms with Crippen LogP contribution < -0.4 is 19.7 Å². The predicted molar refractivity (Wildman–Crippen MR) is 98.1 cm³/mol. The van der Waals surface area contributed by atoms with E-state index in [4.69, 9.17) is 9.47 Å². The highest BCUT2D eigenvalue weighted by molar-refractivity contribution is 5.76. The molecule has 1 unspecified atom stereocenters. The van der Waals surface area contributed by atoms with Gasteiger partial charge in [-0.25, -0.2) is 4.39 Å². The number of hydrogen-bond donors (Lipinski definition) is 2. The van der Waals surface area contributed by atoms with Crippen LogP contribution in [0.25, 0.3) is 0 Å². The Hall–Kier alpha value is -2.60. The molecule has 2 rings (SSSR count). The molecular formula is C20H26FN2O3+. The molecule has 1 amide bonds. The molecule has 26 heavy (non-hydrogen) atoms. The molecule has 2 aromatic carbocycles. The standard InChI is InChI=1S/C20H25FN2O3/c1-23(13-15-8-9-18(25-2)19(12-15)26-3)14-20(24)22-11-10-16-6-4-5-7-17(16)21/h4-9,12H,10-11,13-14H2,1-3H3,(H,22,24)/p+1. The molecule has 0 saturated heterocycles. The van der Waals surface area contributed by atoms with Gasteiger partial charge in [0.2, 0.25) is 0 Å². The molecule has 0 aliphatic rings. The van der Waals surface area contributed by atoms with Gasteiger partial charge >= 0.3 is 0 Å². The zero-order chi connectivity index (χ0) is 18.9. The number of rotatable bonds is 9. The number of benzene rings is 2. The second-order valence-electron chi connectivity index (χ2n) is 6.19. The van der Waals surface area contributed by atoms with Crippen LogP contribution in [0.2, 0.25) is 0 Å². The molecule has 2 aromatic rings. The van der Waals surface area contributed by atoms with Gasteiger partial charge in [-0.3, -0.25) is 4.79 Å². The Balaban J connectivity index is 1.79. The first-order chi connectivity index (χ1) is 12.5. The van der Waals surface area contributed by atoms with Crippen molar-refractivity contribution in [1.29, 1.82) is 0 Å². The highest BCUT2D eigenvalue weighted by Gasteiger charge is 2.12. The number of amides is 1. The average molecular weight is 361 g/mol. The number of halogens is 1. The summed E-state index contributed by atoms with van der Waals surface area (Å²) in [5.41, 5.74) is 1.66. The topological polar surface area (TPSA) is 52.0 Å². The molecule has 0 saturated carbocycles. The first kappa shape index (κ1) is 19.7. The molecule has 0 bridgehead atoms. The second-order valence-corrected chi connectivity index (χ2v) is 6.19. The third-order valence-corrected chi connectivity index (χ3v) is 4.09. The fraction of sp³-hybridized carbons (Fsp3) is 0.350. The SMILES string of the molecule is COc1ccc(C[NH+](C)CC(=O)NCCc2ccccc2F)cc1OC. The van der Waals surface area contributed by atoms with Crippen molar-refractivity contribution >= 4 is 5.91 Å². The predicted octanol–water partition coefficient (Wildman–Crippen LogP) is 1.22. The van der Waals surface area contributed by atoms with E-state index in [0.29, 0.717) is 43.1 Å². The summed E-state index contributed by atoms with van der Waals surface area (Å²) in [7, 11) is 5.15. The molecular weight excluding hydrogens is 335 g/mol. The van der Waals surface area contributed by atoms with Crippen LogP contribution in [0.3, 0.4) is 0 Å². The maximum atomic E-state index is 13.5. The Morgan fingerprint density at radius 1 is 1.12 bits per heavy atom. The Morgan fingerprint density at radius 2 is 1.85 bits per heavy atom. The number of carbonyl (C=O) groups is 1. The molecule has 0 heterocycles. The molecule has 2 N–H and O–H groups in total. The second kappa shape index (κ2) is 9.77. The van der Waals surface area contributed by atoms with E-state index in [1.54, 1.807) is 32.4 Å². The van der Waals surface area contributed by atoms with Crippen LogP contribution in [-0.2, 0) is 17.8 Å². The minimum Gasteiger partial charge on any atom is -0.493 e.